The average molecular weight is 513 g/mol. The summed E-state index contributed by atoms with van der Waals surface area (Å²) in [6.45, 7) is 2.48. The van der Waals surface area contributed by atoms with E-state index in [9.17, 15) is 9.59 Å². The minimum atomic E-state index is -0.509. The van der Waals surface area contributed by atoms with Crippen LogP contribution in [-0.4, -0.2) is 54.5 Å². The van der Waals surface area contributed by atoms with Gasteiger partial charge in [0.1, 0.15) is 11.8 Å². The van der Waals surface area contributed by atoms with Gasteiger partial charge >= 0.3 is 0 Å². The third-order valence-corrected chi connectivity index (χ3v) is 7.88. The lowest BCUT2D eigenvalue weighted by molar-refractivity contribution is -0.139. The number of aromatic nitrogens is 1. The van der Waals surface area contributed by atoms with Crippen LogP contribution in [0.1, 0.15) is 63.6 Å². The molecule has 2 aromatic rings. The van der Waals surface area contributed by atoms with Crippen LogP contribution < -0.4 is 15.4 Å². The highest BCUT2D eigenvalue weighted by atomic mass is 35.5. The normalized spacial score (nSPS) is 20.1. The van der Waals surface area contributed by atoms with Crippen LogP contribution in [-0.2, 0) is 9.59 Å². The number of nitrogens with zero attached hydrogens (tertiary/aromatic N) is 2. The van der Waals surface area contributed by atoms with Gasteiger partial charge in [-0.05, 0) is 81.5 Å². The first-order valence-electron chi connectivity index (χ1n) is 13.0. The fourth-order valence-electron chi connectivity index (χ4n) is 5.48. The van der Waals surface area contributed by atoms with Gasteiger partial charge in [-0.2, -0.15) is 0 Å². The third-order valence-electron chi connectivity index (χ3n) is 7.64. The number of nitrogens with one attached hydrogen (secondary N) is 2. The van der Waals surface area contributed by atoms with E-state index in [-0.39, 0.29) is 29.8 Å². The van der Waals surface area contributed by atoms with Gasteiger partial charge in [0.05, 0.1) is 24.9 Å². The summed E-state index contributed by atoms with van der Waals surface area (Å²) in [5.74, 6) is 0.768. The Kier molecular flexibility index (Phi) is 8.86. The van der Waals surface area contributed by atoms with Crippen LogP contribution in [0.15, 0.2) is 36.5 Å². The van der Waals surface area contributed by atoms with Gasteiger partial charge < -0.3 is 20.3 Å². The number of benzene rings is 1. The fourth-order valence-corrected chi connectivity index (χ4v) is 5.65. The van der Waals surface area contributed by atoms with Crippen LogP contribution in [0, 0.1) is 5.92 Å². The number of ether oxygens (including phenoxy) is 1. The topological polar surface area (TPSA) is 83.6 Å². The Morgan fingerprint density at radius 2 is 1.89 bits per heavy atom. The largest absolute Gasteiger partial charge is 0.496 e. The number of rotatable bonds is 8. The first-order valence-corrected chi connectivity index (χ1v) is 13.4. The molecule has 1 aromatic heterocycles. The maximum atomic E-state index is 14.0. The lowest BCUT2D eigenvalue weighted by atomic mass is 9.83. The maximum Gasteiger partial charge on any atom is 0.246 e. The van der Waals surface area contributed by atoms with Crippen molar-refractivity contribution in [3.8, 4) is 16.9 Å². The maximum absolute atomic E-state index is 14.0. The minimum Gasteiger partial charge on any atom is -0.496 e. The van der Waals surface area contributed by atoms with E-state index in [4.69, 9.17) is 16.3 Å². The average Bonchev–Trinajstić information content (AvgIpc) is 3.41. The van der Waals surface area contributed by atoms with Gasteiger partial charge in [0, 0.05) is 23.3 Å². The molecule has 1 aromatic carbocycles. The molecule has 3 atom stereocenters. The van der Waals surface area contributed by atoms with Crippen molar-refractivity contribution >= 4 is 23.4 Å². The second kappa shape index (κ2) is 12.1. The molecule has 4 rings (SSSR count). The summed E-state index contributed by atoms with van der Waals surface area (Å²) in [5.41, 5.74) is 2.68. The Balaban J connectivity index is 1.61. The van der Waals surface area contributed by atoms with E-state index in [1.165, 1.54) is 6.42 Å². The lowest BCUT2D eigenvalue weighted by Crippen LogP contribution is -2.55. The summed E-state index contributed by atoms with van der Waals surface area (Å²) >= 11 is 6.28. The highest BCUT2D eigenvalue weighted by Crippen LogP contribution is 2.37. The van der Waals surface area contributed by atoms with Crippen molar-refractivity contribution in [1.82, 2.24) is 20.5 Å². The molecule has 2 N–H and O–H groups in total. The van der Waals surface area contributed by atoms with Gasteiger partial charge in [-0.25, -0.2) is 0 Å². The molecule has 1 aliphatic carbocycles. The Hall–Kier alpha value is -2.64. The number of carbonyl (C=O) groups excluding carboxylic acids is 2. The zero-order valence-electron chi connectivity index (χ0n) is 21.4. The number of likely N-dealkylation sites (N-methyl/N-ethyl adjacent to an activating group) is 1. The first kappa shape index (κ1) is 26.4. The summed E-state index contributed by atoms with van der Waals surface area (Å²) < 4.78 is 5.55. The van der Waals surface area contributed by atoms with E-state index in [2.05, 4.69) is 15.6 Å². The van der Waals surface area contributed by atoms with E-state index in [1.54, 1.807) is 26.4 Å². The van der Waals surface area contributed by atoms with Crippen LogP contribution in [0.4, 0.5) is 0 Å². The molecule has 194 valence electrons. The predicted molar refractivity (Wildman–Crippen MR) is 142 cm³/mol. The smallest absolute Gasteiger partial charge is 0.246 e. The zero-order valence-corrected chi connectivity index (χ0v) is 22.2. The molecule has 7 nitrogen and oxygen atoms in total. The number of methoxy groups -OCH3 is 1. The minimum absolute atomic E-state index is 0.00796. The standard InChI is InChI=1S/C28H37ClN4O3/c1-18(30-2)27(34)32-26(19-8-5-4-6-9-19)28(35)33-15-7-10-24(33)23-16-20(13-14-31-23)22-17-21(29)11-12-25(22)36-3/h11-14,16-19,24,26,30H,4-10,15H2,1-3H3,(H,32,34). The number of pyridine rings is 1. The summed E-state index contributed by atoms with van der Waals surface area (Å²) in [4.78, 5) is 33.4. The number of likely N-dealkylation sites (tertiary alicyclic amines) is 1. The molecule has 0 spiro atoms. The van der Waals surface area contributed by atoms with Crippen LogP contribution in [0.25, 0.3) is 11.1 Å². The zero-order chi connectivity index (χ0) is 25.7. The molecule has 1 saturated carbocycles. The molecule has 2 heterocycles. The van der Waals surface area contributed by atoms with Gasteiger partial charge in [0.15, 0.2) is 0 Å². The number of carbonyl (C=O) groups is 2. The predicted octanol–water partition coefficient (Wildman–Crippen LogP) is 4.75. The van der Waals surface area contributed by atoms with E-state index in [0.29, 0.717) is 11.6 Å². The van der Waals surface area contributed by atoms with Gasteiger partial charge in [0.25, 0.3) is 0 Å². The molecule has 1 aliphatic heterocycles. The number of amides is 2. The Bertz CT molecular complexity index is 1070. The third kappa shape index (κ3) is 5.84. The van der Waals surface area contributed by atoms with Gasteiger partial charge in [-0.15, -0.1) is 0 Å². The van der Waals surface area contributed by atoms with Crippen molar-refractivity contribution < 1.29 is 14.3 Å². The van der Waals surface area contributed by atoms with Crippen LogP contribution in [0.3, 0.4) is 0 Å². The van der Waals surface area contributed by atoms with Crippen molar-refractivity contribution in [2.45, 2.75) is 70.0 Å². The molecule has 0 bridgehead atoms. The second-order valence-corrected chi connectivity index (χ2v) is 10.3. The number of hydrogen-bond donors (Lipinski definition) is 2. The van der Waals surface area contributed by atoms with Crippen LogP contribution in [0.2, 0.25) is 5.02 Å². The van der Waals surface area contributed by atoms with Crippen LogP contribution in [0.5, 0.6) is 5.75 Å². The van der Waals surface area contributed by atoms with E-state index >= 15 is 0 Å². The molecule has 0 radical (unpaired) electrons. The molecule has 8 heteroatoms. The highest BCUT2D eigenvalue weighted by molar-refractivity contribution is 6.31. The summed E-state index contributed by atoms with van der Waals surface area (Å²) in [6.07, 6.45) is 8.83. The molecular weight excluding hydrogens is 476 g/mol. The molecule has 2 fully saturated rings. The second-order valence-electron chi connectivity index (χ2n) is 9.90. The van der Waals surface area contributed by atoms with Crippen LogP contribution >= 0.6 is 11.6 Å². The van der Waals surface area contributed by atoms with Gasteiger partial charge in [0.2, 0.25) is 11.8 Å². The molecule has 2 aliphatic rings. The first-order chi connectivity index (χ1) is 17.4. The van der Waals surface area contributed by atoms with Gasteiger partial charge in [-0.1, -0.05) is 30.9 Å². The van der Waals surface area contributed by atoms with Gasteiger partial charge in [-0.3, -0.25) is 14.6 Å². The molecule has 2 amide bonds. The van der Waals surface area contributed by atoms with Crippen molar-refractivity contribution in [3.05, 3.63) is 47.2 Å². The Labute approximate surface area is 218 Å². The lowest BCUT2D eigenvalue weighted by Gasteiger charge is -2.35. The fraction of sp³-hybridized carbons (Fsp3) is 0.536. The number of halogens is 1. The summed E-state index contributed by atoms with van der Waals surface area (Å²) in [7, 11) is 3.40. The highest BCUT2D eigenvalue weighted by Gasteiger charge is 2.39. The SMILES string of the molecule is CNC(C)C(=O)NC(C(=O)N1CCCC1c1cc(-c2cc(Cl)ccc2OC)ccn1)C1CCCCC1. The van der Waals surface area contributed by atoms with Crippen molar-refractivity contribution in [2.24, 2.45) is 5.92 Å². The van der Waals surface area contributed by atoms with E-state index < -0.39 is 6.04 Å². The molecule has 3 unspecified atom stereocenters. The van der Waals surface area contributed by atoms with Crippen molar-refractivity contribution in [1.29, 1.82) is 0 Å². The Morgan fingerprint density at radius 1 is 1.11 bits per heavy atom. The molecule has 1 saturated heterocycles. The van der Waals surface area contributed by atoms with E-state index in [0.717, 1.165) is 61.1 Å². The molecular formula is C28H37ClN4O3. The van der Waals surface area contributed by atoms with Crippen molar-refractivity contribution in [3.63, 3.8) is 0 Å². The van der Waals surface area contributed by atoms with Crippen molar-refractivity contribution in [2.75, 3.05) is 20.7 Å². The molecule has 36 heavy (non-hydrogen) atoms. The Morgan fingerprint density at radius 3 is 2.61 bits per heavy atom. The monoisotopic (exact) mass is 512 g/mol. The quantitative estimate of drug-likeness (QED) is 0.533. The number of hydrogen-bond acceptors (Lipinski definition) is 5. The van der Waals surface area contributed by atoms with E-state index in [1.807, 2.05) is 36.1 Å². The summed E-state index contributed by atoms with van der Waals surface area (Å²) in [6, 6.07) is 8.51. The summed E-state index contributed by atoms with van der Waals surface area (Å²) in [5, 5.41) is 6.71.